The van der Waals surface area contributed by atoms with E-state index in [1.165, 1.54) is 42.9 Å². The monoisotopic (exact) mass is 501 g/mol. The van der Waals surface area contributed by atoms with Gasteiger partial charge in [-0.3, -0.25) is 4.98 Å². The maximum atomic E-state index is 13.4. The maximum Gasteiger partial charge on any atom is 0.418 e. The first kappa shape index (κ1) is 24.6. The number of rotatable bonds is 5. The number of alkyl halides is 3. The predicted molar refractivity (Wildman–Crippen MR) is 128 cm³/mol. The van der Waals surface area contributed by atoms with Crippen molar-refractivity contribution in [3.63, 3.8) is 0 Å². The van der Waals surface area contributed by atoms with Crippen LogP contribution in [0.4, 0.5) is 24.7 Å². The molecule has 0 fully saturated rings. The van der Waals surface area contributed by atoms with Crippen LogP contribution in [-0.4, -0.2) is 28.9 Å². The highest BCUT2D eigenvalue weighted by molar-refractivity contribution is 7.89. The first-order valence-electron chi connectivity index (χ1n) is 10.5. The molecular formula is C24H22F3N5O2S. The van der Waals surface area contributed by atoms with E-state index in [4.69, 9.17) is 0 Å². The van der Waals surface area contributed by atoms with E-state index in [1.807, 2.05) is 0 Å². The lowest BCUT2D eigenvalue weighted by Crippen LogP contribution is -2.40. The molecule has 2 aromatic heterocycles. The Hall–Kier alpha value is -3.57. The first-order valence-corrected chi connectivity index (χ1v) is 12.0. The van der Waals surface area contributed by atoms with Crippen molar-refractivity contribution in [3.8, 4) is 11.3 Å². The zero-order valence-electron chi connectivity index (χ0n) is 19.1. The number of aromatic nitrogens is 3. The van der Waals surface area contributed by atoms with Gasteiger partial charge in [0, 0.05) is 28.4 Å². The van der Waals surface area contributed by atoms with Crippen molar-refractivity contribution in [3.05, 3.63) is 72.7 Å². The summed E-state index contributed by atoms with van der Waals surface area (Å²) in [6, 6.07) is 13.0. The topological polar surface area (TPSA) is 96.9 Å². The van der Waals surface area contributed by atoms with Crippen LogP contribution in [0.25, 0.3) is 22.2 Å². The standard InChI is InChI=1S/C24H22F3N5O2S/c1-23(2,3)32-35(33,34)17-9-7-16(8-10-17)31-22-18-11-6-15(13-20(18)29-14-30-22)21-19(24(25,26)27)5-4-12-28-21/h4-14,32H,1-3H3,(H,29,30,31). The minimum absolute atomic E-state index is 0.117. The number of benzene rings is 2. The van der Waals surface area contributed by atoms with E-state index in [0.29, 0.717) is 22.4 Å². The van der Waals surface area contributed by atoms with Crippen LogP contribution < -0.4 is 10.0 Å². The molecule has 4 rings (SSSR count). The Kier molecular flexibility index (Phi) is 6.24. The molecule has 7 nitrogen and oxygen atoms in total. The van der Waals surface area contributed by atoms with Crippen LogP contribution in [0, 0.1) is 0 Å². The molecule has 0 aliphatic heterocycles. The van der Waals surface area contributed by atoms with Crippen LogP contribution in [0.1, 0.15) is 26.3 Å². The highest BCUT2D eigenvalue weighted by atomic mass is 32.2. The Morgan fingerprint density at radius 1 is 0.886 bits per heavy atom. The number of nitrogens with one attached hydrogen (secondary N) is 2. The van der Waals surface area contributed by atoms with Gasteiger partial charge < -0.3 is 5.32 Å². The van der Waals surface area contributed by atoms with Gasteiger partial charge in [0.15, 0.2) is 0 Å². The molecule has 0 bridgehead atoms. The van der Waals surface area contributed by atoms with Gasteiger partial charge in [0.05, 0.1) is 21.7 Å². The number of sulfonamides is 1. The Morgan fingerprint density at radius 2 is 1.60 bits per heavy atom. The summed E-state index contributed by atoms with van der Waals surface area (Å²) in [6.07, 6.45) is -1.94. The van der Waals surface area contributed by atoms with Gasteiger partial charge in [0.1, 0.15) is 12.1 Å². The average Bonchev–Trinajstić information content (AvgIpc) is 2.77. The molecule has 182 valence electrons. The SMILES string of the molecule is CC(C)(C)NS(=O)(=O)c1ccc(Nc2ncnc3cc(-c4ncccc4C(F)(F)F)ccc23)cc1. The van der Waals surface area contributed by atoms with Crippen molar-refractivity contribution in [1.82, 2.24) is 19.7 Å². The van der Waals surface area contributed by atoms with Gasteiger partial charge >= 0.3 is 6.18 Å². The molecule has 11 heteroatoms. The van der Waals surface area contributed by atoms with Gasteiger partial charge in [-0.1, -0.05) is 6.07 Å². The molecule has 2 heterocycles. The smallest absolute Gasteiger partial charge is 0.340 e. The lowest BCUT2D eigenvalue weighted by atomic mass is 10.0. The van der Waals surface area contributed by atoms with Crippen LogP contribution in [0.15, 0.2) is 72.0 Å². The van der Waals surface area contributed by atoms with Gasteiger partial charge in [0.2, 0.25) is 10.0 Å². The second kappa shape index (κ2) is 8.90. The number of nitrogens with zero attached hydrogens (tertiary/aromatic N) is 3. The fraction of sp³-hybridized carbons (Fsp3) is 0.208. The molecule has 0 amide bonds. The van der Waals surface area contributed by atoms with Crippen molar-refractivity contribution in [2.75, 3.05) is 5.32 Å². The summed E-state index contributed by atoms with van der Waals surface area (Å²) < 4.78 is 67.9. The highest BCUT2D eigenvalue weighted by Crippen LogP contribution is 2.36. The van der Waals surface area contributed by atoms with Crippen LogP contribution >= 0.6 is 0 Å². The number of halogens is 3. The summed E-state index contributed by atoms with van der Waals surface area (Å²) >= 11 is 0. The zero-order valence-corrected chi connectivity index (χ0v) is 19.9. The van der Waals surface area contributed by atoms with Crippen LogP contribution in [0.2, 0.25) is 0 Å². The van der Waals surface area contributed by atoms with Crippen molar-refractivity contribution in [2.45, 2.75) is 37.4 Å². The number of pyridine rings is 1. The Balaban J connectivity index is 1.64. The van der Waals surface area contributed by atoms with Crippen molar-refractivity contribution >= 4 is 32.4 Å². The van der Waals surface area contributed by atoms with Gasteiger partial charge in [-0.15, -0.1) is 0 Å². The summed E-state index contributed by atoms with van der Waals surface area (Å²) in [5.74, 6) is 0.419. The summed E-state index contributed by atoms with van der Waals surface area (Å²) in [4.78, 5) is 12.5. The van der Waals surface area contributed by atoms with E-state index in [-0.39, 0.29) is 16.2 Å². The predicted octanol–water partition coefficient (Wildman–Crippen LogP) is 5.53. The molecule has 0 saturated carbocycles. The Labute approximate surface area is 200 Å². The second-order valence-electron chi connectivity index (χ2n) is 8.86. The third-order valence-corrected chi connectivity index (χ3v) is 6.66. The molecule has 0 spiro atoms. The quantitative estimate of drug-likeness (QED) is 0.373. The van der Waals surface area contributed by atoms with Gasteiger partial charge in [0.25, 0.3) is 0 Å². The van der Waals surface area contributed by atoms with E-state index >= 15 is 0 Å². The molecule has 0 radical (unpaired) electrons. The third-order valence-electron chi connectivity index (χ3n) is 4.89. The summed E-state index contributed by atoms with van der Waals surface area (Å²) in [5.41, 5.74) is -0.361. The number of fused-ring (bicyclic) bond motifs is 1. The molecule has 0 saturated heterocycles. The maximum absolute atomic E-state index is 13.4. The highest BCUT2D eigenvalue weighted by Gasteiger charge is 2.34. The minimum Gasteiger partial charge on any atom is -0.340 e. The van der Waals surface area contributed by atoms with E-state index < -0.39 is 27.3 Å². The van der Waals surface area contributed by atoms with Crippen LogP contribution in [-0.2, 0) is 16.2 Å². The second-order valence-corrected chi connectivity index (χ2v) is 10.5. The van der Waals surface area contributed by atoms with E-state index in [2.05, 4.69) is 25.0 Å². The molecule has 0 aliphatic rings. The molecule has 35 heavy (non-hydrogen) atoms. The van der Waals surface area contributed by atoms with E-state index in [9.17, 15) is 21.6 Å². The van der Waals surface area contributed by atoms with Gasteiger partial charge in [-0.05, 0) is 69.3 Å². The Bertz CT molecular complexity index is 1480. The fourth-order valence-electron chi connectivity index (χ4n) is 3.48. The van der Waals surface area contributed by atoms with Gasteiger partial charge in [-0.2, -0.15) is 13.2 Å². The molecule has 4 aromatic rings. The van der Waals surface area contributed by atoms with E-state index in [1.54, 1.807) is 39.0 Å². The molecule has 0 atom stereocenters. The third kappa shape index (κ3) is 5.57. The first-order chi connectivity index (χ1) is 16.3. The van der Waals surface area contributed by atoms with Crippen LogP contribution in [0.3, 0.4) is 0 Å². The molecule has 2 aromatic carbocycles. The molecule has 0 aliphatic carbocycles. The number of hydrogen-bond acceptors (Lipinski definition) is 6. The fourth-order valence-corrected chi connectivity index (χ4v) is 4.90. The van der Waals surface area contributed by atoms with E-state index in [0.717, 1.165) is 6.07 Å². The molecule has 2 N–H and O–H groups in total. The normalized spacial score (nSPS) is 12.6. The minimum atomic E-state index is -4.54. The van der Waals surface area contributed by atoms with Crippen molar-refractivity contribution < 1.29 is 21.6 Å². The summed E-state index contributed by atoms with van der Waals surface area (Å²) in [5, 5.41) is 3.68. The lowest BCUT2D eigenvalue weighted by Gasteiger charge is -2.20. The number of anilines is 2. The van der Waals surface area contributed by atoms with Crippen LogP contribution in [0.5, 0.6) is 0 Å². The average molecular weight is 502 g/mol. The van der Waals surface area contributed by atoms with Gasteiger partial charge in [-0.25, -0.2) is 23.1 Å². The van der Waals surface area contributed by atoms with Crippen molar-refractivity contribution in [2.24, 2.45) is 0 Å². The summed E-state index contributed by atoms with van der Waals surface area (Å²) in [6.45, 7) is 5.26. The lowest BCUT2D eigenvalue weighted by molar-refractivity contribution is -0.137. The molecular weight excluding hydrogens is 479 g/mol. The molecule has 0 unspecified atom stereocenters. The number of hydrogen-bond donors (Lipinski definition) is 2. The van der Waals surface area contributed by atoms with Crippen molar-refractivity contribution in [1.29, 1.82) is 0 Å². The largest absolute Gasteiger partial charge is 0.418 e. The Morgan fingerprint density at radius 3 is 2.26 bits per heavy atom. The summed E-state index contributed by atoms with van der Waals surface area (Å²) in [7, 11) is -3.68. The zero-order chi connectivity index (χ0) is 25.4.